The van der Waals surface area contributed by atoms with Crippen molar-refractivity contribution in [2.45, 2.75) is 58.3 Å². The molecule has 27 heavy (non-hydrogen) atoms. The predicted octanol–water partition coefficient (Wildman–Crippen LogP) is 7.40. The first-order valence-electron chi connectivity index (χ1n) is 10.3. The number of hydrogen-bond donors (Lipinski definition) is 0. The van der Waals surface area contributed by atoms with E-state index in [-0.39, 0.29) is 0 Å². The summed E-state index contributed by atoms with van der Waals surface area (Å²) in [5, 5.41) is 0. The zero-order valence-electron chi connectivity index (χ0n) is 16.2. The van der Waals surface area contributed by atoms with Gasteiger partial charge in [0, 0.05) is 11.6 Å². The van der Waals surface area contributed by atoms with Crippen LogP contribution in [0.15, 0.2) is 42.5 Å². The van der Waals surface area contributed by atoms with E-state index in [1.807, 2.05) is 24.3 Å². The number of hydrogen-bond acceptors (Lipinski definition) is 1. The van der Waals surface area contributed by atoms with Gasteiger partial charge in [-0.15, -0.1) is 0 Å². The molecular weight excluding hydrogens is 342 g/mol. The Bertz CT molecular complexity index is 720. The van der Waals surface area contributed by atoms with E-state index in [0.717, 1.165) is 24.3 Å². The van der Waals surface area contributed by atoms with E-state index < -0.39 is 11.6 Å². The molecule has 146 valence electrons. The molecule has 1 aliphatic rings. The number of benzene rings is 2. The fourth-order valence-electron chi connectivity index (χ4n) is 4.06. The minimum absolute atomic E-state index is 0.398. The van der Waals surface area contributed by atoms with Gasteiger partial charge in [0.15, 0.2) is 0 Å². The topological polar surface area (TPSA) is 9.23 Å². The van der Waals surface area contributed by atoms with Crippen molar-refractivity contribution >= 4 is 0 Å². The normalized spacial score (nSPS) is 19.8. The molecule has 1 nitrogen and oxygen atoms in total. The van der Waals surface area contributed by atoms with Gasteiger partial charge in [-0.3, -0.25) is 0 Å². The predicted molar refractivity (Wildman–Crippen MR) is 107 cm³/mol. The molecule has 0 spiro atoms. The van der Waals surface area contributed by atoms with Crippen molar-refractivity contribution in [2.24, 2.45) is 11.8 Å². The van der Waals surface area contributed by atoms with Gasteiger partial charge >= 0.3 is 0 Å². The van der Waals surface area contributed by atoms with Gasteiger partial charge in [-0.05, 0) is 54.5 Å². The smallest absolute Gasteiger partial charge is 0.133 e. The second kappa shape index (κ2) is 9.87. The second-order valence-electron chi connectivity index (χ2n) is 7.85. The molecule has 3 rings (SSSR count). The van der Waals surface area contributed by atoms with Crippen LogP contribution >= 0.6 is 0 Å². The van der Waals surface area contributed by atoms with Crippen LogP contribution in [0.1, 0.15) is 58.3 Å². The maximum absolute atomic E-state index is 14.0. The van der Waals surface area contributed by atoms with Crippen LogP contribution in [0.4, 0.5) is 8.78 Å². The average Bonchev–Trinajstić information content (AvgIpc) is 2.68. The Kier molecular flexibility index (Phi) is 7.25. The Hall–Kier alpha value is -1.90. The van der Waals surface area contributed by atoms with Gasteiger partial charge in [-0.25, -0.2) is 8.78 Å². The van der Waals surface area contributed by atoms with Crippen LogP contribution in [-0.4, -0.2) is 6.61 Å². The van der Waals surface area contributed by atoms with Gasteiger partial charge in [-0.1, -0.05) is 57.6 Å². The third-order valence-corrected chi connectivity index (χ3v) is 5.74. The number of unbranched alkanes of at least 4 members (excludes halogenated alkanes) is 2. The summed E-state index contributed by atoms with van der Waals surface area (Å²) in [6.07, 6.45) is 10.5. The molecule has 2 aromatic rings. The Balaban J connectivity index is 1.51. The molecule has 0 saturated heterocycles. The van der Waals surface area contributed by atoms with Gasteiger partial charge in [0.05, 0.1) is 6.61 Å². The highest BCUT2D eigenvalue weighted by Crippen LogP contribution is 2.33. The van der Waals surface area contributed by atoms with Gasteiger partial charge in [-0.2, -0.15) is 0 Å². The lowest BCUT2D eigenvalue weighted by Crippen LogP contribution is -2.20. The van der Waals surface area contributed by atoms with E-state index in [1.54, 1.807) is 0 Å². The molecule has 3 heteroatoms. The molecular formula is C24H30F2O. The van der Waals surface area contributed by atoms with Crippen LogP contribution < -0.4 is 4.74 Å². The standard InChI is InChI=1S/C24H30F2O/c1-2-3-4-6-18-9-11-19(12-10-18)17-27-22-8-5-7-20(15-22)23-14-13-21(25)16-24(23)26/h5,7-8,13-16,18-19H,2-4,6,9-12,17H2,1H3. The highest BCUT2D eigenvalue weighted by Gasteiger charge is 2.21. The molecule has 0 aromatic heterocycles. The third kappa shape index (κ3) is 5.79. The highest BCUT2D eigenvalue weighted by molar-refractivity contribution is 5.65. The lowest BCUT2D eigenvalue weighted by molar-refractivity contribution is 0.178. The number of ether oxygens (including phenoxy) is 1. The van der Waals surface area contributed by atoms with Crippen LogP contribution in [0.2, 0.25) is 0 Å². The first-order valence-corrected chi connectivity index (χ1v) is 10.3. The molecule has 0 aliphatic heterocycles. The molecule has 0 heterocycles. The van der Waals surface area contributed by atoms with Crippen molar-refractivity contribution in [3.63, 3.8) is 0 Å². The Morgan fingerprint density at radius 1 is 0.926 bits per heavy atom. The van der Waals surface area contributed by atoms with Crippen LogP contribution in [0.25, 0.3) is 11.1 Å². The van der Waals surface area contributed by atoms with Crippen LogP contribution in [-0.2, 0) is 0 Å². The summed E-state index contributed by atoms with van der Waals surface area (Å²) in [4.78, 5) is 0. The summed E-state index contributed by atoms with van der Waals surface area (Å²) in [6, 6.07) is 11.1. The highest BCUT2D eigenvalue weighted by atomic mass is 19.1. The van der Waals surface area contributed by atoms with E-state index in [4.69, 9.17) is 4.74 Å². The summed E-state index contributed by atoms with van der Waals surface area (Å²) in [6.45, 7) is 2.98. The van der Waals surface area contributed by atoms with Gasteiger partial charge in [0.2, 0.25) is 0 Å². The lowest BCUT2D eigenvalue weighted by Gasteiger charge is -2.28. The van der Waals surface area contributed by atoms with Crippen LogP contribution in [0.3, 0.4) is 0 Å². The summed E-state index contributed by atoms with van der Waals surface area (Å²) in [5.74, 6) is 1.15. The van der Waals surface area contributed by atoms with E-state index in [1.165, 1.54) is 63.5 Å². The van der Waals surface area contributed by atoms with Crippen molar-refractivity contribution in [3.05, 3.63) is 54.1 Å². The maximum atomic E-state index is 14.0. The fourth-order valence-corrected chi connectivity index (χ4v) is 4.06. The molecule has 1 saturated carbocycles. The Morgan fingerprint density at radius 2 is 1.70 bits per heavy atom. The van der Waals surface area contributed by atoms with E-state index in [2.05, 4.69) is 6.92 Å². The van der Waals surface area contributed by atoms with Crippen molar-refractivity contribution in [1.82, 2.24) is 0 Å². The molecule has 0 atom stereocenters. The van der Waals surface area contributed by atoms with E-state index in [9.17, 15) is 8.78 Å². The molecule has 0 unspecified atom stereocenters. The zero-order chi connectivity index (χ0) is 19.1. The molecule has 0 bridgehead atoms. The monoisotopic (exact) mass is 372 g/mol. The van der Waals surface area contributed by atoms with Crippen molar-refractivity contribution in [1.29, 1.82) is 0 Å². The summed E-state index contributed by atoms with van der Waals surface area (Å²) in [5.41, 5.74) is 1.11. The molecule has 1 aliphatic carbocycles. The molecule has 2 aromatic carbocycles. The molecule has 1 fully saturated rings. The molecule has 0 N–H and O–H groups in total. The fraction of sp³-hybridized carbons (Fsp3) is 0.500. The summed E-state index contributed by atoms with van der Waals surface area (Å²) >= 11 is 0. The Morgan fingerprint density at radius 3 is 2.44 bits per heavy atom. The lowest BCUT2D eigenvalue weighted by atomic mass is 9.80. The summed E-state index contributed by atoms with van der Waals surface area (Å²) < 4.78 is 33.1. The number of halogens is 2. The first-order chi connectivity index (χ1) is 13.2. The minimum atomic E-state index is -0.561. The molecule has 0 radical (unpaired) electrons. The quantitative estimate of drug-likeness (QED) is 0.439. The molecule has 0 amide bonds. The van der Waals surface area contributed by atoms with Gasteiger partial charge < -0.3 is 4.74 Å². The minimum Gasteiger partial charge on any atom is -0.493 e. The van der Waals surface area contributed by atoms with Crippen LogP contribution in [0, 0.1) is 23.5 Å². The third-order valence-electron chi connectivity index (χ3n) is 5.74. The number of rotatable bonds is 8. The Labute approximate surface area is 161 Å². The van der Waals surface area contributed by atoms with Crippen LogP contribution in [0.5, 0.6) is 5.75 Å². The first kappa shape index (κ1) is 19.9. The van der Waals surface area contributed by atoms with Crippen molar-refractivity contribution in [2.75, 3.05) is 6.61 Å². The van der Waals surface area contributed by atoms with Gasteiger partial charge in [0.1, 0.15) is 17.4 Å². The maximum Gasteiger partial charge on any atom is 0.133 e. The van der Waals surface area contributed by atoms with Crippen molar-refractivity contribution in [3.8, 4) is 16.9 Å². The zero-order valence-corrected chi connectivity index (χ0v) is 16.2. The SMILES string of the molecule is CCCCCC1CCC(COc2cccc(-c3ccc(F)cc3F)c2)CC1. The van der Waals surface area contributed by atoms with E-state index >= 15 is 0 Å². The van der Waals surface area contributed by atoms with Crippen molar-refractivity contribution < 1.29 is 13.5 Å². The van der Waals surface area contributed by atoms with Gasteiger partial charge in [0.25, 0.3) is 0 Å². The summed E-state index contributed by atoms with van der Waals surface area (Å²) in [7, 11) is 0. The second-order valence-corrected chi connectivity index (χ2v) is 7.85. The largest absolute Gasteiger partial charge is 0.493 e. The van der Waals surface area contributed by atoms with E-state index in [0.29, 0.717) is 17.0 Å². The average molecular weight is 372 g/mol.